The summed E-state index contributed by atoms with van der Waals surface area (Å²) in [7, 11) is 1.62. The number of hydrogen-bond acceptors (Lipinski definition) is 5. The Kier molecular flexibility index (Phi) is 8.87. The van der Waals surface area contributed by atoms with Crippen molar-refractivity contribution >= 4 is 23.3 Å². The van der Waals surface area contributed by atoms with Crippen molar-refractivity contribution in [2.75, 3.05) is 37.0 Å². The van der Waals surface area contributed by atoms with Gasteiger partial charge < -0.3 is 19.7 Å². The van der Waals surface area contributed by atoms with Gasteiger partial charge in [-0.3, -0.25) is 14.7 Å². The molecule has 1 atom stereocenters. The van der Waals surface area contributed by atoms with Gasteiger partial charge >= 0.3 is 6.03 Å². The number of carbonyl (C=O) groups is 2. The Morgan fingerprint density at radius 2 is 1.88 bits per heavy atom. The highest BCUT2D eigenvalue weighted by Gasteiger charge is 2.32. The normalized spacial score (nSPS) is 15.2. The summed E-state index contributed by atoms with van der Waals surface area (Å²) in [5.74, 6) is 0.853. The highest BCUT2D eigenvalue weighted by atomic mass is 16.5. The molecule has 3 rings (SSSR count). The van der Waals surface area contributed by atoms with Crippen molar-refractivity contribution in [2.45, 2.75) is 58.6 Å². The van der Waals surface area contributed by atoms with Crippen molar-refractivity contribution in [3.05, 3.63) is 48.3 Å². The monoisotopic (exact) mass is 468 g/mol. The number of ether oxygens (including phenoxy) is 2. The first-order valence-corrected chi connectivity index (χ1v) is 11.9. The summed E-state index contributed by atoms with van der Waals surface area (Å²) in [5.41, 5.74) is 2.49. The molecule has 8 nitrogen and oxygen atoms in total. The molecule has 184 valence electrons. The number of benzene rings is 1. The van der Waals surface area contributed by atoms with Crippen molar-refractivity contribution in [3.8, 4) is 5.75 Å². The van der Waals surface area contributed by atoms with E-state index < -0.39 is 0 Å². The van der Waals surface area contributed by atoms with Crippen LogP contribution in [-0.4, -0.2) is 60.8 Å². The lowest BCUT2D eigenvalue weighted by Gasteiger charge is -2.39. The molecule has 2 heterocycles. The topological polar surface area (TPSA) is 84.0 Å². The lowest BCUT2D eigenvalue weighted by atomic mass is 9.97. The fraction of sp³-hybridized carbons (Fsp3) is 0.500. The Labute approximate surface area is 202 Å². The second-order valence-corrected chi connectivity index (χ2v) is 9.01. The molecular weight excluding hydrogens is 432 g/mol. The largest absolute Gasteiger partial charge is 0.486 e. The molecule has 0 bridgehead atoms. The number of nitrogens with one attached hydrogen (secondary N) is 1. The molecule has 0 radical (unpaired) electrons. The van der Waals surface area contributed by atoms with E-state index in [4.69, 9.17) is 9.47 Å². The van der Waals surface area contributed by atoms with E-state index in [9.17, 15) is 9.59 Å². The molecule has 0 aliphatic carbocycles. The molecule has 1 saturated heterocycles. The fourth-order valence-corrected chi connectivity index (χ4v) is 4.35. The van der Waals surface area contributed by atoms with E-state index in [-0.39, 0.29) is 30.0 Å². The van der Waals surface area contributed by atoms with Gasteiger partial charge in [0.25, 0.3) is 0 Å². The number of urea groups is 1. The first-order chi connectivity index (χ1) is 16.3. The summed E-state index contributed by atoms with van der Waals surface area (Å²) in [6, 6.07) is 9.47. The zero-order chi connectivity index (χ0) is 24.7. The molecule has 0 spiro atoms. The van der Waals surface area contributed by atoms with Gasteiger partial charge in [-0.25, -0.2) is 4.79 Å². The molecule has 1 aromatic heterocycles. The predicted octanol–water partition coefficient (Wildman–Crippen LogP) is 4.67. The highest BCUT2D eigenvalue weighted by molar-refractivity contribution is 6.03. The van der Waals surface area contributed by atoms with Crippen LogP contribution >= 0.6 is 0 Å². The number of nitrogens with zero attached hydrogens (tertiary/aromatic N) is 3. The average molecular weight is 469 g/mol. The molecular formula is C26H36N4O4. The number of carbonyl (C=O) groups excluding carboxylic acids is 2. The van der Waals surface area contributed by atoms with Crippen molar-refractivity contribution in [2.24, 2.45) is 0 Å². The van der Waals surface area contributed by atoms with Crippen molar-refractivity contribution in [1.82, 2.24) is 9.88 Å². The third-order valence-electron chi connectivity index (χ3n) is 6.06. The molecule has 3 amide bonds. The molecule has 1 fully saturated rings. The minimum atomic E-state index is -0.244. The molecule has 1 aliphatic heterocycles. The van der Waals surface area contributed by atoms with Gasteiger partial charge in [0.1, 0.15) is 17.5 Å². The van der Waals surface area contributed by atoms with E-state index >= 15 is 0 Å². The van der Waals surface area contributed by atoms with Crippen LogP contribution in [0.4, 0.5) is 16.2 Å². The van der Waals surface area contributed by atoms with Crippen LogP contribution in [0.25, 0.3) is 0 Å². The highest BCUT2D eigenvalue weighted by Crippen LogP contribution is 2.33. The molecule has 1 aromatic carbocycles. The number of hydrogen-bond donors (Lipinski definition) is 1. The summed E-state index contributed by atoms with van der Waals surface area (Å²) in [6.07, 6.45) is 4.46. The van der Waals surface area contributed by atoms with E-state index in [0.29, 0.717) is 44.0 Å². The molecule has 1 aliphatic rings. The molecule has 0 saturated carbocycles. The summed E-state index contributed by atoms with van der Waals surface area (Å²) < 4.78 is 11.1. The number of methoxy groups -OCH3 is 1. The van der Waals surface area contributed by atoms with E-state index in [2.05, 4.69) is 30.2 Å². The first-order valence-electron chi connectivity index (χ1n) is 11.9. The van der Waals surface area contributed by atoms with Crippen molar-refractivity contribution < 1.29 is 19.1 Å². The number of amides is 3. The Balaban J connectivity index is 1.91. The Bertz CT molecular complexity index is 973. The van der Waals surface area contributed by atoms with Crippen molar-refractivity contribution in [1.29, 1.82) is 0 Å². The van der Waals surface area contributed by atoms with Crippen LogP contribution in [-0.2, 0) is 9.53 Å². The van der Waals surface area contributed by atoms with Crippen molar-refractivity contribution in [3.63, 3.8) is 0 Å². The lowest BCUT2D eigenvalue weighted by Crippen LogP contribution is -2.50. The molecule has 34 heavy (non-hydrogen) atoms. The van der Waals surface area contributed by atoms with Crippen LogP contribution in [0.5, 0.6) is 5.75 Å². The third kappa shape index (κ3) is 6.26. The van der Waals surface area contributed by atoms with Gasteiger partial charge in [0.2, 0.25) is 5.91 Å². The van der Waals surface area contributed by atoms with Crippen LogP contribution in [0.15, 0.2) is 42.7 Å². The van der Waals surface area contributed by atoms with E-state index in [1.807, 2.05) is 34.9 Å². The Hall–Kier alpha value is -3.13. The van der Waals surface area contributed by atoms with E-state index in [1.165, 1.54) is 0 Å². The lowest BCUT2D eigenvalue weighted by molar-refractivity contribution is -0.129. The zero-order valence-corrected chi connectivity index (χ0v) is 20.8. The Morgan fingerprint density at radius 1 is 1.18 bits per heavy atom. The number of anilines is 2. The van der Waals surface area contributed by atoms with Gasteiger partial charge in [-0.2, -0.15) is 0 Å². The first kappa shape index (κ1) is 25.5. The van der Waals surface area contributed by atoms with Crippen LogP contribution in [0, 0.1) is 0 Å². The minimum Gasteiger partial charge on any atom is -0.486 e. The number of aromatic nitrogens is 1. The maximum Gasteiger partial charge on any atom is 0.326 e. The van der Waals surface area contributed by atoms with Gasteiger partial charge in [0.15, 0.2) is 0 Å². The average Bonchev–Trinajstić information content (AvgIpc) is 2.81. The summed E-state index contributed by atoms with van der Waals surface area (Å²) in [4.78, 5) is 33.5. The second kappa shape index (κ2) is 11.8. The number of piperidine rings is 1. The zero-order valence-electron chi connectivity index (χ0n) is 20.8. The summed E-state index contributed by atoms with van der Waals surface area (Å²) >= 11 is 0. The summed E-state index contributed by atoms with van der Waals surface area (Å²) in [6.45, 7) is 9.43. The Morgan fingerprint density at radius 3 is 2.53 bits per heavy atom. The second-order valence-electron chi connectivity index (χ2n) is 9.01. The minimum absolute atomic E-state index is 0.0380. The number of likely N-dealkylation sites (tertiary alicyclic amines) is 1. The standard InChI is InChI=1S/C26H36N4O4/c1-18(2)22-8-6-7-9-24(22)30(21-11-14-29(15-12-21)20(4)31)26(32)28-23-16-27-13-10-25(23)34-19(3)17-33-5/h6-10,13,16,18-19,21H,11-12,14-15,17H2,1-5H3,(H,28,32)/t19-/m0/s1. The van der Waals surface area contributed by atoms with Crippen LogP contribution in [0.1, 0.15) is 52.0 Å². The molecule has 1 N–H and O–H groups in total. The smallest absolute Gasteiger partial charge is 0.326 e. The van der Waals surface area contributed by atoms with Gasteiger partial charge in [-0.05, 0) is 37.3 Å². The fourth-order valence-electron chi connectivity index (χ4n) is 4.35. The van der Waals surface area contributed by atoms with E-state index in [0.717, 1.165) is 11.3 Å². The molecule has 0 unspecified atom stereocenters. The SMILES string of the molecule is COC[C@H](C)Oc1ccncc1NC(=O)N(c1ccccc1C(C)C)C1CCN(C(C)=O)CC1. The van der Waals surface area contributed by atoms with Gasteiger partial charge in [-0.15, -0.1) is 0 Å². The maximum absolute atomic E-state index is 13.8. The van der Waals surface area contributed by atoms with Gasteiger partial charge in [0, 0.05) is 51.1 Å². The maximum atomic E-state index is 13.8. The quantitative estimate of drug-likeness (QED) is 0.609. The number of rotatable bonds is 8. The van der Waals surface area contributed by atoms with Crippen LogP contribution in [0.3, 0.4) is 0 Å². The van der Waals surface area contributed by atoms with Gasteiger partial charge in [0.05, 0.1) is 12.8 Å². The van der Waals surface area contributed by atoms with Gasteiger partial charge in [-0.1, -0.05) is 32.0 Å². The molecule has 2 aromatic rings. The van der Waals surface area contributed by atoms with Crippen LogP contribution < -0.4 is 15.0 Å². The van der Waals surface area contributed by atoms with E-state index in [1.54, 1.807) is 32.5 Å². The summed E-state index contributed by atoms with van der Waals surface area (Å²) in [5, 5.41) is 3.03. The number of para-hydroxylation sites is 1. The molecule has 8 heteroatoms. The number of pyridine rings is 1. The van der Waals surface area contributed by atoms with Crippen LogP contribution in [0.2, 0.25) is 0 Å². The predicted molar refractivity (Wildman–Crippen MR) is 134 cm³/mol. The third-order valence-corrected chi connectivity index (χ3v) is 6.06.